The summed E-state index contributed by atoms with van der Waals surface area (Å²) in [6, 6.07) is 3.29. The molecule has 1 aliphatic heterocycles. The summed E-state index contributed by atoms with van der Waals surface area (Å²) in [5.74, 6) is -0.409. The van der Waals surface area contributed by atoms with E-state index in [-0.39, 0.29) is 10.6 Å². The highest BCUT2D eigenvalue weighted by atomic mass is 35.5. The number of thioether (sulfide) groups is 1. The summed E-state index contributed by atoms with van der Waals surface area (Å²) >= 11 is 7.06. The predicted octanol–water partition coefficient (Wildman–Crippen LogP) is 2.72. The molecule has 0 unspecified atom stereocenters. The van der Waals surface area contributed by atoms with Crippen molar-refractivity contribution in [3.05, 3.63) is 23.0 Å². The third-order valence-electron chi connectivity index (χ3n) is 2.55. The summed E-state index contributed by atoms with van der Waals surface area (Å²) in [6.45, 7) is 4.38. The van der Waals surface area contributed by atoms with E-state index in [1.54, 1.807) is 12.3 Å². The molecule has 6 heteroatoms. The minimum atomic E-state index is -0.515. The molecule has 0 aliphatic carbocycles. The second kappa shape index (κ2) is 4.80. The Labute approximate surface area is 110 Å². The van der Waals surface area contributed by atoms with Crippen LogP contribution in [0, 0.1) is 5.82 Å². The van der Waals surface area contributed by atoms with Crippen molar-refractivity contribution in [2.75, 3.05) is 12.9 Å². The first-order valence-electron chi connectivity index (χ1n) is 5.26. The summed E-state index contributed by atoms with van der Waals surface area (Å²) < 4.78 is 25.1. The van der Waals surface area contributed by atoms with Gasteiger partial charge in [0.15, 0.2) is 5.82 Å². The molecule has 1 saturated heterocycles. The fraction of sp³-hybridized carbons (Fsp3) is 0.455. The molecule has 0 saturated carbocycles. The minimum absolute atomic E-state index is 0.121. The molecule has 0 aromatic heterocycles. The molecule has 0 radical (unpaired) electrons. The van der Waals surface area contributed by atoms with Crippen LogP contribution >= 0.6 is 23.4 Å². The van der Waals surface area contributed by atoms with Crippen LogP contribution in [0.1, 0.15) is 13.8 Å². The van der Waals surface area contributed by atoms with Gasteiger partial charge < -0.3 is 9.31 Å². The van der Waals surface area contributed by atoms with Gasteiger partial charge in [0.2, 0.25) is 0 Å². The highest BCUT2D eigenvalue weighted by Crippen LogP contribution is 2.27. The van der Waals surface area contributed by atoms with Crippen LogP contribution in [0.4, 0.5) is 4.39 Å². The van der Waals surface area contributed by atoms with Crippen molar-refractivity contribution in [2.24, 2.45) is 0 Å². The van der Waals surface area contributed by atoms with Crippen molar-refractivity contribution < 1.29 is 13.7 Å². The SMILES string of the molecule is CSc1c(B2OCC(C)(C)O2)ccc(Cl)c1F. The van der Waals surface area contributed by atoms with Gasteiger partial charge in [0.25, 0.3) is 0 Å². The highest BCUT2D eigenvalue weighted by molar-refractivity contribution is 7.98. The molecule has 0 N–H and O–H groups in total. The molecule has 17 heavy (non-hydrogen) atoms. The summed E-state index contributed by atoms with van der Waals surface area (Å²) in [6.07, 6.45) is 1.80. The van der Waals surface area contributed by atoms with Gasteiger partial charge in [-0.1, -0.05) is 17.7 Å². The molecule has 0 amide bonds. The molecule has 2 rings (SSSR count). The van der Waals surface area contributed by atoms with Crippen molar-refractivity contribution in [2.45, 2.75) is 24.3 Å². The minimum Gasteiger partial charge on any atom is -0.404 e. The normalized spacial score (nSPS) is 18.8. The Morgan fingerprint density at radius 3 is 2.71 bits per heavy atom. The third kappa shape index (κ3) is 2.62. The topological polar surface area (TPSA) is 18.5 Å². The molecule has 1 heterocycles. The molecular formula is C11H13BClFO2S. The first kappa shape index (κ1) is 13.2. The van der Waals surface area contributed by atoms with Crippen molar-refractivity contribution in [3.8, 4) is 0 Å². The van der Waals surface area contributed by atoms with Gasteiger partial charge >= 0.3 is 7.12 Å². The zero-order valence-electron chi connectivity index (χ0n) is 9.92. The highest BCUT2D eigenvalue weighted by Gasteiger charge is 2.39. The molecule has 0 bridgehead atoms. The summed E-state index contributed by atoms with van der Waals surface area (Å²) in [7, 11) is -0.515. The van der Waals surface area contributed by atoms with Gasteiger partial charge in [-0.25, -0.2) is 4.39 Å². The molecular weight excluding hydrogens is 261 g/mol. The predicted molar refractivity (Wildman–Crippen MR) is 69.7 cm³/mol. The average molecular weight is 275 g/mol. The molecule has 2 nitrogen and oxygen atoms in total. The van der Waals surface area contributed by atoms with Crippen molar-refractivity contribution >= 4 is 35.9 Å². The lowest BCUT2D eigenvalue weighted by molar-refractivity contribution is 0.137. The molecule has 1 aromatic rings. The zero-order valence-corrected chi connectivity index (χ0v) is 11.5. The molecule has 1 aromatic carbocycles. The van der Waals surface area contributed by atoms with E-state index in [4.69, 9.17) is 20.9 Å². The Hall–Kier alpha value is -0.225. The van der Waals surface area contributed by atoms with Crippen molar-refractivity contribution in [1.82, 2.24) is 0 Å². The van der Waals surface area contributed by atoms with Crippen LogP contribution in [0.15, 0.2) is 17.0 Å². The number of rotatable bonds is 2. The van der Waals surface area contributed by atoms with Crippen LogP contribution in [0.25, 0.3) is 0 Å². The second-order valence-corrected chi connectivity index (χ2v) is 5.73. The standard InChI is InChI=1S/C11H13BClFO2S/c1-11(2)6-15-12(16-11)7-4-5-8(13)9(14)10(7)17-3/h4-5H,6H2,1-3H3. The van der Waals surface area contributed by atoms with E-state index in [2.05, 4.69) is 0 Å². The first-order valence-corrected chi connectivity index (χ1v) is 6.86. The van der Waals surface area contributed by atoms with Crippen LogP contribution in [-0.4, -0.2) is 25.6 Å². The Balaban J connectivity index is 2.37. The van der Waals surface area contributed by atoms with Crippen LogP contribution in [-0.2, 0) is 9.31 Å². The van der Waals surface area contributed by atoms with Crippen LogP contribution in [0.5, 0.6) is 0 Å². The lowest BCUT2D eigenvalue weighted by atomic mass is 9.79. The van der Waals surface area contributed by atoms with E-state index < -0.39 is 12.9 Å². The van der Waals surface area contributed by atoms with Crippen molar-refractivity contribution in [1.29, 1.82) is 0 Å². The zero-order chi connectivity index (χ0) is 12.6. The lowest BCUT2D eigenvalue weighted by Crippen LogP contribution is -2.36. The molecule has 0 atom stereocenters. The molecule has 0 spiro atoms. The fourth-order valence-corrected chi connectivity index (χ4v) is 2.63. The number of hydrogen-bond acceptors (Lipinski definition) is 3. The Kier molecular flexibility index (Phi) is 3.73. The van der Waals surface area contributed by atoms with Gasteiger partial charge in [-0.3, -0.25) is 0 Å². The van der Waals surface area contributed by atoms with Gasteiger partial charge in [-0.2, -0.15) is 0 Å². The number of halogens is 2. The van der Waals surface area contributed by atoms with Gasteiger partial charge in [0.1, 0.15) is 0 Å². The Bertz CT molecular complexity index is 442. The van der Waals surface area contributed by atoms with Gasteiger partial charge in [0, 0.05) is 4.90 Å². The van der Waals surface area contributed by atoms with E-state index in [1.807, 2.05) is 13.8 Å². The number of benzene rings is 1. The number of hydrogen-bond donors (Lipinski definition) is 0. The quantitative estimate of drug-likeness (QED) is 0.610. The van der Waals surface area contributed by atoms with Crippen LogP contribution < -0.4 is 5.46 Å². The largest absolute Gasteiger partial charge is 0.495 e. The van der Waals surface area contributed by atoms with Gasteiger partial charge in [-0.05, 0) is 31.6 Å². The summed E-state index contributed by atoms with van der Waals surface area (Å²) in [5.41, 5.74) is 0.362. The summed E-state index contributed by atoms with van der Waals surface area (Å²) in [5, 5.41) is 0.121. The molecule has 1 fully saturated rings. The van der Waals surface area contributed by atoms with E-state index >= 15 is 0 Å². The molecule has 1 aliphatic rings. The monoisotopic (exact) mass is 274 g/mol. The van der Waals surface area contributed by atoms with Crippen molar-refractivity contribution in [3.63, 3.8) is 0 Å². The van der Waals surface area contributed by atoms with Crippen LogP contribution in [0.3, 0.4) is 0 Å². The maximum atomic E-state index is 13.8. The van der Waals surface area contributed by atoms with E-state index in [0.29, 0.717) is 17.0 Å². The fourth-order valence-electron chi connectivity index (χ4n) is 1.73. The summed E-state index contributed by atoms with van der Waals surface area (Å²) in [4.78, 5) is 0.486. The van der Waals surface area contributed by atoms with Gasteiger partial charge in [-0.15, -0.1) is 11.8 Å². The van der Waals surface area contributed by atoms with Gasteiger partial charge in [0.05, 0.1) is 17.2 Å². The average Bonchev–Trinajstić information content (AvgIpc) is 2.62. The maximum absolute atomic E-state index is 13.8. The van der Waals surface area contributed by atoms with E-state index in [0.717, 1.165) is 0 Å². The lowest BCUT2D eigenvalue weighted by Gasteiger charge is -2.16. The molecule has 92 valence electrons. The first-order chi connectivity index (χ1) is 7.94. The second-order valence-electron chi connectivity index (χ2n) is 4.50. The Morgan fingerprint density at radius 1 is 1.47 bits per heavy atom. The van der Waals surface area contributed by atoms with Crippen LogP contribution in [0.2, 0.25) is 5.02 Å². The smallest absolute Gasteiger partial charge is 0.404 e. The van der Waals surface area contributed by atoms with E-state index in [1.165, 1.54) is 17.8 Å². The van der Waals surface area contributed by atoms with E-state index in [9.17, 15) is 4.39 Å². The Morgan fingerprint density at radius 2 is 2.18 bits per heavy atom. The third-order valence-corrected chi connectivity index (χ3v) is 3.66. The maximum Gasteiger partial charge on any atom is 0.495 e.